The summed E-state index contributed by atoms with van der Waals surface area (Å²) in [4.78, 5) is 25.3. The maximum Gasteiger partial charge on any atom is 0.200 e. The summed E-state index contributed by atoms with van der Waals surface area (Å²) in [6.07, 6.45) is 0. The second kappa shape index (κ2) is 11.1. The number of rotatable bonds is 5. The van der Waals surface area contributed by atoms with Crippen molar-refractivity contribution < 1.29 is 0 Å². The second-order valence-electron chi connectivity index (χ2n) is 11.4. The van der Waals surface area contributed by atoms with Gasteiger partial charge in [0, 0.05) is 16.5 Å². The minimum absolute atomic E-state index is 0.475. The van der Waals surface area contributed by atoms with Crippen molar-refractivity contribution in [3.63, 3.8) is 0 Å². The molecule has 6 aromatic carbocycles. The van der Waals surface area contributed by atoms with Gasteiger partial charge < -0.3 is 0 Å². The summed E-state index contributed by atoms with van der Waals surface area (Å²) in [5, 5.41) is 0.968. The summed E-state index contributed by atoms with van der Waals surface area (Å²) < 4.78 is 2.07. The van der Waals surface area contributed by atoms with E-state index in [1.165, 1.54) is 0 Å². The van der Waals surface area contributed by atoms with E-state index in [9.17, 15) is 0 Å². The molecule has 0 radical (unpaired) electrons. The van der Waals surface area contributed by atoms with E-state index in [-0.39, 0.29) is 0 Å². The van der Waals surface area contributed by atoms with Crippen LogP contribution in [0.4, 0.5) is 0 Å². The van der Waals surface area contributed by atoms with Gasteiger partial charge in [-0.05, 0) is 46.5 Å². The van der Waals surface area contributed by atoms with Gasteiger partial charge >= 0.3 is 0 Å². The third-order valence-electron chi connectivity index (χ3n) is 8.48. The van der Waals surface area contributed by atoms with Gasteiger partial charge in [0.2, 0.25) is 5.82 Å². The molecule has 0 saturated heterocycles. The van der Waals surface area contributed by atoms with Gasteiger partial charge in [0.1, 0.15) is 5.65 Å². The predicted octanol–water partition coefficient (Wildman–Crippen LogP) is 9.56. The summed E-state index contributed by atoms with van der Waals surface area (Å²) in [5.74, 6) is 2.23. The molecule has 0 aliphatic heterocycles. The molecular weight excluding hydrogens is 576 g/mol. The van der Waals surface area contributed by atoms with Crippen molar-refractivity contribution in [3.8, 4) is 56.7 Å². The van der Waals surface area contributed by atoms with E-state index >= 15 is 0 Å². The number of aromatic nitrogens is 6. The van der Waals surface area contributed by atoms with Crippen LogP contribution in [0.2, 0.25) is 0 Å². The van der Waals surface area contributed by atoms with E-state index in [1.54, 1.807) is 0 Å². The lowest BCUT2D eigenvalue weighted by Crippen LogP contribution is -2.05. The Morgan fingerprint density at radius 1 is 0.319 bits per heavy atom. The number of fused-ring (bicyclic) bond motifs is 5. The van der Waals surface area contributed by atoms with Crippen LogP contribution >= 0.6 is 0 Å². The first-order valence-electron chi connectivity index (χ1n) is 15.5. The summed E-state index contributed by atoms with van der Waals surface area (Å²) in [6.45, 7) is 0. The van der Waals surface area contributed by atoms with E-state index in [2.05, 4.69) is 89.3 Å². The Kier molecular flexibility index (Phi) is 6.35. The minimum Gasteiger partial charge on any atom is -0.273 e. The lowest BCUT2D eigenvalue weighted by molar-refractivity contribution is 1.03. The molecule has 0 bridgehead atoms. The van der Waals surface area contributed by atoms with Crippen LogP contribution in [0, 0.1) is 0 Å². The first-order chi connectivity index (χ1) is 23.3. The molecule has 0 unspecified atom stereocenters. The van der Waals surface area contributed by atoms with E-state index in [4.69, 9.17) is 24.9 Å². The molecule has 9 rings (SSSR count). The lowest BCUT2D eigenvalue weighted by Gasteiger charge is -2.12. The molecule has 47 heavy (non-hydrogen) atoms. The van der Waals surface area contributed by atoms with E-state index < -0.39 is 0 Å². The average Bonchev–Trinajstić information content (AvgIpc) is 3.55. The zero-order valence-corrected chi connectivity index (χ0v) is 25.2. The zero-order chi connectivity index (χ0) is 31.2. The van der Waals surface area contributed by atoms with E-state index in [0.717, 1.165) is 61.0 Å². The molecule has 3 aromatic heterocycles. The molecule has 6 heteroatoms. The van der Waals surface area contributed by atoms with Gasteiger partial charge in [0.25, 0.3) is 0 Å². The average molecular weight is 603 g/mol. The first kappa shape index (κ1) is 26.8. The van der Waals surface area contributed by atoms with Crippen LogP contribution in [0.15, 0.2) is 158 Å². The van der Waals surface area contributed by atoms with Crippen molar-refractivity contribution in [2.45, 2.75) is 0 Å². The Labute approximate surface area is 270 Å². The molecule has 0 atom stereocenters. The van der Waals surface area contributed by atoms with Crippen molar-refractivity contribution in [2.75, 3.05) is 0 Å². The van der Waals surface area contributed by atoms with Crippen LogP contribution in [-0.4, -0.2) is 29.3 Å². The highest BCUT2D eigenvalue weighted by Crippen LogP contribution is 2.31. The van der Waals surface area contributed by atoms with Crippen molar-refractivity contribution in [2.24, 2.45) is 0 Å². The molecule has 0 spiro atoms. The van der Waals surface area contributed by atoms with Crippen molar-refractivity contribution in [3.05, 3.63) is 158 Å². The van der Waals surface area contributed by atoms with Gasteiger partial charge in [-0.3, -0.25) is 4.40 Å². The SMILES string of the molecule is c1ccc(-c2ccc(-c3nc(-c4ccc(-c5ccccc5)cc4)nc(-c4nc5ccccc5c5nc6ccccc6n45)n3)cc2)cc1. The summed E-state index contributed by atoms with van der Waals surface area (Å²) in [6, 6.07) is 53.6. The van der Waals surface area contributed by atoms with Crippen molar-refractivity contribution in [1.29, 1.82) is 0 Å². The van der Waals surface area contributed by atoms with Gasteiger partial charge in [0.05, 0.1) is 16.6 Å². The number of nitrogens with zero attached hydrogens (tertiary/aromatic N) is 6. The molecule has 0 saturated carbocycles. The molecular formula is C41H26N6. The minimum atomic E-state index is 0.475. The van der Waals surface area contributed by atoms with Crippen LogP contribution in [-0.2, 0) is 0 Å². The Bertz CT molecular complexity index is 2440. The van der Waals surface area contributed by atoms with Crippen molar-refractivity contribution in [1.82, 2.24) is 29.3 Å². The smallest absolute Gasteiger partial charge is 0.200 e. The fourth-order valence-corrected chi connectivity index (χ4v) is 6.11. The first-order valence-corrected chi connectivity index (χ1v) is 15.5. The number of imidazole rings is 1. The molecule has 220 valence electrons. The van der Waals surface area contributed by atoms with Gasteiger partial charge in [0.15, 0.2) is 17.5 Å². The number of benzene rings is 6. The largest absolute Gasteiger partial charge is 0.273 e. The monoisotopic (exact) mass is 602 g/mol. The topological polar surface area (TPSA) is 68.9 Å². The number of hydrogen-bond acceptors (Lipinski definition) is 5. The number of para-hydroxylation sites is 3. The maximum absolute atomic E-state index is 5.14. The lowest BCUT2D eigenvalue weighted by atomic mass is 10.0. The highest BCUT2D eigenvalue weighted by molar-refractivity contribution is 5.98. The molecule has 0 amide bonds. The molecule has 9 aromatic rings. The molecule has 0 aliphatic carbocycles. The van der Waals surface area contributed by atoms with E-state index in [1.807, 2.05) is 72.8 Å². The van der Waals surface area contributed by atoms with E-state index in [0.29, 0.717) is 23.3 Å². The Morgan fingerprint density at radius 2 is 0.766 bits per heavy atom. The standard InChI is InChI=1S/C41H26N6/c1-3-11-27(12-4-1)29-19-23-31(24-20-29)37-44-38(32-25-21-30(22-26-32)28-13-5-2-6-14-28)46-39(45-37)41-42-34-16-8-7-15-33(34)40-43-35-17-9-10-18-36(35)47(40)41/h1-26H. The summed E-state index contributed by atoms with van der Waals surface area (Å²) >= 11 is 0. The fraction of sp³-hybridized carbons (Fsp3) is 0. The van der Waals surface area contributed by atoms with Crippen molar-refractivity contribution >= 4 is 27.6 Å². The Morgan fingerprint density at radius 3 is 1.36 bits per heavy atom. The Hall–Kier alpha value is -6.53. The third kappa shape index (κ3) is 4.80. The van der Waals surface area contributed by atoms with Crippen LogP contribution < -0.4 is 0 Å². The van der Waals surface area contributed by atoms with Gasteiger partial charge in [-0.15, -0.1) is 0 Å². The normalized spacial score (nSPS) is 11.4. The van der Waals surface area contributed by atoms with Crippen LogP contribution in [0.5, 0.6) is 0 Å². The van der Waals surface area contributed by atoms with Crippen LogP contribution in [0.3, 0.4) is 0 Å². The summed E-state index contributed by atoms with van der Waals surface area (Å²) in [7, 11) is 0. The van der Waals surface area contributed by atoms with Gasteiger partial charge in [-0.2, -0.15) is 0 Å². The molecule has 3 heterocycles. The quantitative estimate of drug-likeness (QED) is 0.196. The highest BCUT2D eigenvalue weighted by Gasteiger charge is 2.20. The molecule has 6 nitrogen and oxygen atoms in total. The van der Waals surface area contributed by atoms with Gasteiger partial charge in [-0.25, -0.2) is 24.9 Å². The Balaban J connectivity index is 1.26. The predicted molar refractivity (Wildman–Crippen MR) is 189 cm³/mol. The fourth-order valence-electron chi connectivity index (χ4n) is 6.11. The third-order valence-corrected chi connectivity index (χ3v) is 8.48. The molecule has 0 N–H and O–H groups in total. The highest BCUT2D eigenvalue weighted by atomic mass is 15.1. The van der Waals surface area contributed by atoms with Gasteiger partial charge in [-0.1, -0.05) is 133 Å². The van der Waals surface area contributed by atoms with Crippen LogP contribution in [0.25, 0.3) is 84.3 Å². The molecule has 0 aliphatic rings. The number of hydrogen-bond donors (Lipinski definition) is 0. The second-order valence-corrected chi connectivity index (χ2v) is 11.4. The zero-order valence-electron chi connectivity index (χ0n) is 25.2. The summed E-state index contributed by atoms with van der Waals surface area (Å²) in [5.41, 5.74) is 9.82. The maximum atomic E-state index is 5.14. The van der Waals surface area contributed by atoms with Crippen LogP contribution in [0.1, 0.15) is 0 Å². The molecule has 0 fully saturated rings.